The molecule has 1 fully saturated rings. The number of halogens is 1. The van der Waals surface area contributed by atoms with Gasteiger partial charge in [0, 0.05) is 12.2 Å². The fraction of sp³-hybridized carbons (Fsp3) is 0.562. The molecule has 3 rings (SSSR count). The summed E-state index contributed by atoms with van der Waals surface area (Å²) in [7, 11) is -2.84. The molecule has 1 aromatic carbocycles. The summed E-state index contributed by atoms with van der Waals surface area (Å²) in [6, 6.07) is 6.26. The first-order valence-corrected chi connectivity index (χ1v) is 9.74. The van der Waals surface area contributed by atoms with Gasteiger partial charge in [0.25, 0.3) is 0 Å². The number of nitrogens with one attached hydrogen (secondary N) is 1. The summed E-state index contributed by atoms with van der Waals surface area (Å²) in [5.74, 6) is 1.01. The minimum atomic E-state index is -2.84. The lowest BCUT2D eigenvalue weighted by atomic mass is 9.90. The van der Waals surface area contributed by atoms with E-state index in [1.807, 2.05) is 12.1 Å². The fourth-order valence-electron chi connectivity index (χ4n) is 3.32. The Morgan fingerprint density at radius 2 is 2.09 bits per heavy atom. The van der Waals surface area contributed by atoms with Gasteiger partial charge in [0.1, 0.15) is 0 Å². The zero-order valence-electron chi connectivity index (χ0n) is 13.1. The normalized spacial score (nSPS) is 23.0. The third kappa shape index (κ3) is 4.82. The molecule has 0 radical (unpaired) electrons. The van der Waals surface area contributed by atoms with E-state index in [1.165, 1.54) is 24.0 Å². The Morgan fingerprint density at radius 3 is 2.83 bits per heavy atom. The average Bonchev–Trinajstić information content (AvgIpc) is 2.85. The van der Waals surface area contributed by atoms with E-state index in [9.17, 15) is 8.42 Å². The Hall–Kier alpha value is -0.830. The molecule has 0 aromatic heterocycles. The Morgan fingerprint density at radius 1 is 1.30 bits per heavy atom. The van der Waals surface area contributed by atoms with Crippen molar-refractivity contribution in [3.05, 3.63) is 29.3 Å². The number of guanidine groups is 1. The lowest BCUT2D eigenvalue weighted by Crippen LogP contribution is -2.25. The predicted molar refractivity (Wildman–Crippen MR) is 105 cm³/mol. The van der Waals surface area contributed by atoms with Crippen LogP contribution < -0.4 is 11.1 Å². The highest BCUT2D eigenvalue weighted by molar-refractivity contribution is 14.0. The van der Waals surface area contributed by atoms with Crippen LogP contribution in [-0.4, -0.2) is 32.4 Å². The molecule has 23 heavy (non-hydrogen) atoms. The molecule has 5 nitrogen and oxygen atoms in total. The minimum Gasteiger partial charge on any atom is -0.370 e. The first-order valence-electron chi connectivity index (χ1n) is 7.92. The Bertz CT molecular complexity index is 689. The lowest BCUT2D eigenvalue weighted by Gasteiger charge is -2.20. The van der Waals surface area contributed by atoms with Crippen molar-refractivity contribution >= 4 is 45.5 Å². The van der Waals surface area contributed by atoms with Gasteiger partial charge in [-0.3, -0.25) is 4.99 Å². The predicted octanol–water partition coefficient (Wildman–Crippen LogP) is 2.34. The molecule has 1 aliphatic heterocycles. The SMILES string of the molecule is I.NC(=NCC1CCS(=O)(=O)C1)Nc1cccc2c1CCCC2. The molecule has 128 valence electrons. The molecule has 0 saturated carbocycles. The Balaban J connectivity index is 0.00000192. The van der Waals surface area contributed by atoms with Crippen LogP contribution in [0.3, 0.4) is 0 Å². The number of sulfone groups is 1. The first kappa shape index (κ1) is 18.5. The van der Waals surface area contributed by atoms with Crippen LogP contribution in [0, 0.1) is 5.92 Å². The maximum Gasteiger partial charge on any atom is 0.193 e. The van der Waals surface area contributed by atoms with E-state index < -0.39 is 9.84 Å². The van der Waals surface area contributed by atoms with E-state index in [-0.39, 0.29) is 41.4 Å². The van der Waals surface area contributed by atoms with Gasteiger partial charge in [-0.25, -0.2) is 8.42 Å². The number of nitrogens with two attached hydrogens (primary N) is 1. The number of nitrogens with zero attached hydrogens (tertiary/aromatic N) is 1. The summed E-state index contributed by atoms with van der Waals surface area (Å²) >= 11 is 0. The van der Waals surface area contributed by atoms with Crippen molar-refractivity contribution in [3.63, 3.8) is 0 Å². The van der Waals surface area contributed by atoms with Crippen molar-refractivity contribution in [1.29, 1.82) is 0 Å². The van der Waals surface area contributed by atoms with Gasteiger partial charge in [0.05, 0.1) is 11.5 Å². The molecule has 1 unspecified atom stereocenters. The third-order valence-electron chi connectivity index (χ3n) is 4.51. The molecule has 1 aliphatic carbocycles. The van der Waals surface area contributed by atoms with Crippen molar-refractivity contribution in [1.82, 2.24) is 0 Å². The number of anilines is 1. The third-order valence-corrected chi connectivity index (χ3v) is 6.34. The van der Waals surface area contributed by atoms with E-state index >= 15 is 0 Å². The number of aliphatic imine (C=N–C) groups is 1. The highest BCUT2D eigenvalue weighted by atomic mass is 127. The topological polar surface area (TPSA) is 84.5 Å². The largest absolute Gasteiger partial charge is 0.370 e. The molecular formula is C16H24IN3O2S. The number of hydrogen-bond donors (Lipinski definition) is 2. The molecule has 1 aromatic rings. The standard InChI is InChI=1S/C16H23N3O2S.HI/c17-16(18-10-12-8-9-22(20,21)11-12)19-15-7-3-5-13-4-1-2-6-14(13)15;/h3,5,7,12H,1-2,4,6,8-11H2,(H3,17,18,19);1H. The Labute approximate surface area is 155 Å². The number of rotatable bonds is 3. The fourth-order valence-corrected chi connectivity index (χ4v) is 5.17. The van der Waals surface area contributed by atoms with Crippen LogP contribution in [0.5, 0.6) is 0 Å². The molecule has 2 aliphatic rings. The zero-order chi connectivity index (χ0) is 15.6. The Kier molecular flexibility index (Phi) is 6.30. The van der Waals surface area contributed by atoms with Gasteiger partial charge in [-0.15, -0.1) is 24.0 Å². The molecule has 1 atom stereocenters. The van der Waals surface area contributed by atoms with Crippen LogP contribution in [0.4, 0.5) is 5.69 Å². The second kappa shape index (κ2) is 7.83. The van der Waals surface area contributed by atoms with Gasteiger partial charge in [-0.2, -0.15) is 0 Å². The summed E-state index contributed by atoms with van der Waals surface area (Å²) < 4.78 is 22.9. The van der Waals surface area contributed by atoms with Crippen LogP contribution in [0.1, 0.15) is 30.4 Å². The van der Waals surface area contributed by atoms with Gasteiger partial charge in [0.2, 0.25) is 0 Å². The van der Waals surface area contributed by atoms with Crippen LogP contribution in [0.2, 0.25) is 0 Å². The van der Waals surface area contributed by atoms with Crippen molar-refractivity contribution in [2.75, 3.05) is 23.4 Å². The number of fused-ring (bicyclic) bond motifs is 1. The molecular weight excluding hydrogens is 425 g/mol. The highest BCUT2D eigenvalue weighted by Gasteiger charge is 2.27. The molecule has 7 heteroatoms. The lowest BCUT2D eigenvalue weighted by molar-refractivity contribution is 0.591. The van der Waals surface area contributed by atoms with Gasteiger partial charge < -0.3 is 11.1 Å². The maximum atomic E-state index is 11.4. The molecule has 3 N–H and O–H groups in total. The van der Waals surface area contributed by atoms with Crippen molar-refractivity contribution in [2.45, 2.75) is 32.1 Å². The summed E-state index contributed by atoms with van der Waals surface area (Å²) in [5, 5.41) is 3.19. The number of benzene rings is 1. The minimum absolute atomic E-state index is 0. The van der Waals surface area contributed by atoms with E-state index in [0.29, 0.717) is 18.9 Å². The first-order chi connectivity index (χ1) is 10.5. The van der Waals surface area contributed by atoms with Gasteiger partial charge in [0.15, 0.2) is 15.8 Å². The van der Waals surface area contributed by atoms with Gasteiger partial charge in [-0.05, 0) is 55.2 Å². The van der Waals surface area contributed by atoms with E-state index in [4.69, 9.17) is 5.73 Å². The average molecular weight is 449 g/mol. The summed E-state index contributed by atoms with van der Waals surface area (Å²) in [4.78, 5) is 4.33. The quantitative estimate of drug-likeness (QED) is 0.422. The van der Waals surface area contributed by atoms with Gasteiger partial charge >= 0.3 is 0 Å². The zero-order valence-corrected chi connectivity index (χ0v) is 16.3. The van der Waals surface area contributed by atoms with Crippen molar-refractivity contribution < 1.29 is 8.42 Å². The van der Waals surface area contributed by atoms with Gasteiger partial charge in [-0.1, -0.05) is 12.1 Å². The van der Waals surface area contributed by atoms with Crippen molar-refractivity contribution in [2.24, 2.45) is 16.6 Å². The maximum absolute atomic E-state index is 11.4. The monoisotopic (exact) mass is 449 g/mol. The highest BCUT2D eigenvalue weighted by Crippen LogP contribution is 2.27. The number of hydrogen-bond acceptors (Lipinski definition) is 3. The van der Waals surface area contributed by atoms with Crippen LogP contribution in [0.25, 0.3) is 0 Å². The van der Waals surface area contributed by atoms with Crippen LogP contribution >= 0.6 is 24.0 Å². The molecule has 0 spiro atoms. The smallest absolute Gasteiger partial charge is 0.193 e. The summed E-state index contributed by atoms with van der Waals surface area (Å²) in [5.41, 5.74) is 9.75. The summed E-state index contributed by atoms with van der Waals surface area (Å²) in [6.45, 7) is 0.479. The molecule has 1 saturated heterocycles. The molecule has 1 heterocycles. The second-order valence-corrected chi connectivity index (χ2v) is 8.50. The van der Waals surface area contributed by atoms with Crippen molar-refractivity contribution in [3.8, 4) is 0 Å². The van der Waals surface area contributed by atoms with E-state index in [1.54, 1.807) is 0 Å². The summed E-state index contributed by atoms with van der Waals surface area (Å²) in [6.07, 6.45) is 5.35. The second-order valence-electron chi connectivity index (χ2n) is 6.27. The van der Waals surface area contributed by atoms with Crippen LogP contribution in [-0.2, 0) is 22.7 Å². The number of aryl methyl sites for hydroxylation is 1. The molecule has 0 bridgehead atoms. The van der Waals surface area contributed by atoms with E-state index in [2.05, 4.69) is 16.4 Å². The van der Waals surface area contributed by atoms with E-state index in [0.717, 1.165) is 18.5 Å². The van der Waals surface area contributed by atoms with Crippen LogP contribution in [0.15, 0.2) is 23.2 Å². The molecule has 0 amide bonds.